The topological polar surface area (TPSA) is 46.3 Å². The highest BCUT2D eigenvalue weighted by molar-refractivity contribution is 5.76. The lowest BCUT2D eigenvalue weighted by atomic mass is 9.99. The zero-order valence-electron chi connectivity index (χ0n) is 12.1. The molecule has 0 saturated carbocycles. The molecule has 0 fully saturated rings. The van der Waals surface area contributed by atoms with E-state index >= 15 is 0 Å². The zero-order chi connectivity index (χ0) is 14.7. The monoisotopic (exact) mass is 280 g/mol. The van der Waals surface area contributed by atoms with Crippen LogP contribution in [-0.4, -0.2) is 17.4 Å². The summed E-state index contributed by atoms with van der Waals surface area (Å²) in [6, 6.07) is 16.9. The average Bonchev–Trinajstić information content (AvgIpc) is 2.49. The number of amides is 1. The van der Waals surface area contributed by atoms with Gasteiger partial charge in [-0.25, -0.2) is 0 Å². The molecule has 1 amide bonds. The van der Waals surface area contributed by atoms with Crippen LogP contribution >= 0.6 is 0 Å². The molecule has 3 heteroatoms. The van der Waals surface area contributed by atoms with Gasteiger partial charge in [0, 0.05) is 19.6 Å². The molecule has 0 saturated heterocycles. The fourth-order valence-corrected chi connectivity index (χ4v) is 2.91. The van der Waals surface area contributed by atoms with Crippen molar-refractivity contribution in [1.82, 2.24) is 4.90 Å². The van der Waals surface area contributed by atoms with Crippen LogP contribution in [0, 0.1) is 0 Å². The molecule has 1 aliphatic heterocycles. The Hall–Kier alpha value is -2.13. The Morgan fingerprint density at radius 1 is 1.00 bits per heavy atom. The first-order valence-corrected chi connectivity index (χ1v) is 7.36. The minimum absolute atomic E-state index is 0.282. The number of nitrogens with two attached hydrogens (primary N) is 1. The van der Waals surface area contributed by atoms with Crippen LogP contribution in [0.25, 0.3) is 0 Å². The van der Waals surface area contributed by atoms with Gasteiger partial charge in [0.05, 0.1) is 6.42 Å². The number of carbonyl (C=O) groups excluding carboxylic acids is 1. The smallest absolute Gasteiger partial charge is 0.221 e. The number of carbonyl (C=O) groups is 1. The molecule has 2 aromatic rings. The van der Waals surface area contributed by atoms with Crippen LogP contribution in [0.1, 0.15) is 22.3 Å². The third kappa shape index (κ3) is 3.50. The van der Waals surface area contributed by atoms with Gasteiger partial charge in [-0.05, 0) is 28.7 Å². The molecule has 3 nitrogen and oxygen atoms in total. The molecule has 108 valence electrons. The molecule has 0 atom stereocenters. The quantitative estimate of drug-likeness (QED) is 0.934. The van der Waals surface area contributed by atoms with Gasteiger partial charge in [0.15, 0.2) is 0 Å². The normalized spacial score (nSPS) is 14.7. The largest absolute Gasteiger partial charge is 0.369 e. The molecule has 0 spiro atoms. The number of rotatable bonds is 4. The molecule has 2 N–H and O–H groups in total. The van der Waals surface area contributed by atoms with Gasteiger partial charge in [-0.2, -0.15) is 0 Å². The van der Waals surface area contributed by atoms with Crippen molar-refractivity contribution in [1.29, 1.82) is 0 Å². The van der Waals surface area contributed by atoms with Crippen LogP contribution < -0.4 is 5.73 Å². The molecule has 21 heavy (non-hydrogen) atoms. The predicted molar refractivity (Wildman–Crippen MR) is 83.6 cm³/mol. The predicted octanol–water partition coefficient (Wildman–Crippen LogP) is 2.27. The van der Waals surface area contributed by atoms with Crippen LogP contribution in [0.3, 0.4) is 0 Å². The van der Waals surface area contributed by atoms with Gasteiger partial charge in [-0.3, -0.25) is 9.69 Å². The first-order chi connectivity index (χ1) is 10.2. The molecule has 0 aliphatic carbocycles. The fourth-order valence-electron chi connectivity index (χ4n) is 2.91. The van der Waals surface area contributed by atoms with E-state index in [1.807, 2.05) is 12.1 Å². The Kier molecular flexibility index (Phi) is 4.02. The summed E-state index contributed by atoms with van der Waals surface area (Å²) in [5.74, 6) is -0.282. The van der Waals surface area contributed by atoms with Gasteiger partial charge >= 0.3 is 0 Å². The average molecular weight is 280 g/mol. The summed E-state index contributed by atoms with van der Waals surface area (Å²) in [6.07, 6.45) is 1.44. The van der Waals surface area contributed by atoms with Gasteiger partial charge in [0.1, 0.15) is 0 Å². The van der Waals surface area contributed by atoms with Crippen molar-refractivity contribution in [2.24, 2.45) is 5.73 Å². The lowest BCUT2D eigenvalue weighted by Crippen LogP contribution is -2.29. The van der Waals surface area contributed by atoms with Gasteiger partial charge < -0.3 is 5.73 Å². The highest BCUT2D eigenvalue weighted by Crippen LogP contribution is 2.20. The third-order valence-electron chi connectivity index (χ3n) is 4.02. The van der Waals surface area contributed by atoms with Crippen LogP contribution in [0.15, 0.2) is 48.5 Å². The second kappa shape index (κ2) is 6.10. The van der Waals surface area contributed by atoms with E-state index in [2.05, 4.69) is 41.3 Å². The second-order valence-electron chi connectivity index (χ2n) is 5.69. The van der Waals surface area contributed by atoms with E-state index in [9.17, 15) is 4.79 Å². The summed E-state index contributed by atoms with van der Waals surface area (Å²) in [6.45, 7) is 3.06. The summed E-state index contributed by atoms with van der Waals surface area (Å²) in [5.41, 5.74) is 10.4. The molecule has 0 bridgehead atoms. The first kappa shape index (κ1) is 13.8. The van der Waals surface area contributed by atoms with Crippen LogP contribution in [0.5, 0.6) is 0 Å². The molecule has 0 aromatic heterocycles. The molecule has 3 rings (SSSR count). The Bertz CT molecular complexity index is 634. The van der Waals surface area contributed by atoms with Gasteiger partial charge in [0.2, 0.25) is 5.91 Å². The van der Waals surface area contributed by atoms with Crippen molar-refractivity contribution in [2.75, 3.05) is 6.54 Å². The summed E-state index contributed by atoms with van der Waals surface area (Å²) in [7, 11) is 0. The number of hydrogen-bond acceptors (Lipinski definition) is 2. The highest BCUT2D eigenvalue weighted by Gasteiger charge is 2.15. The van der Waals surface area contributed by atoms with Gasteiger partial charge in [-0.15, -0.1) is 0 Å². The van der Waals surface area contributed by atoms with E-state index in [4.69, 9.17) is 5.73 Å². The van der Waals surface area contributed by atoms with Crippen molar-refractivity contribution in [3.63, 3.8) is 0 Å². The van der Waals surface area contributed by atoms with E-state index in [1.165, 1.54) is 16.7 Å². The summed E-state index contributed by atoms with van der Waals surface area (Å²) in [5, 5.41) is 0. The summed E-state index contributed by atoms with van der Waals surface area (Å²) >= 11 is 0. The van der Waals surface area contributed by atoms with Gasteiger partial charge in [-0.1, -0.05) is 48.5 Å². The molecular formula is C18H20N2O. The van der Waals surface area contributed by atoms with E-state index < -0.39 is 0 Å². The molecule has 2 aromatic carbocycles. The van der Waals surface area contributed by atoms with E-state index in [0.717, 1.165) is 31.6 Å². The van der Waals surface area contributed by atoms with Crippen molar-refractivity contribution in [3.8, 4) is 0 Å². The molecule has 1 heterocycles. The number of fused-ring (bicyclic) bond motifs is 1. The van der Waals surface area contributed by atoms with E-state index in [0.29, 0.717) is 6.42 Å². The summed E-state index contributed by atoms with van der Waals surface area (Å²) in [4.78, 5) is 13.4. The first-order valence-electron chi connectivity index (χ1n) is 7.36. The Balaban J connectivity index is 1.64. The number of benzene rings is 2. The Labute approximate surface area is 125 Å². The minimum Gasteiger partial charge on any atom is -0.369 e. The highest BCUT2D eigenvalue weighted by atomic mass is 16.1. The van der Waals surface area contributed by atoms with Crippen molar-refractivity contribution < 1.29 is 4.79 Å². The number of nitrogens with zero attached hydrogens (tertiary/aromatic N) is 1. The molecule has 0 unspecified atom stereocenters. The van der Waals surface area contributed by atoms with Crippen molar-refractivity contribution in [3.05, 3.63) is 70.8 Å². The maximum atomic E-state index is 10.9. The second-order valence-corrected chi connectivity index (χ2v) is 5.69. The summed E-state index contributed by atoms with van der Waals surface area (Å²) < 4.78 is 0. The lowest BCUT2D eigenvalue weighted by molar-refractivity contribution is -0.117. The SMILES string of the molecule is NC(=O)Cc1ccc(CN2CCc3ccccc3C2)cc1. The van der Waals surface area contributed by atoms with E-state index in [1.54, 1.807) is 0 Å². The van der Waals surface area contributed by atoms with Gasteiger partial charge in [0.25, 0.3) is 0 Å². The maximum absolute atomic E-state index is 10.9. The van der Waals surface area contributed by atoms with Crippen LogP contribution in [-0.2, 0) is 30.7 Å². The zero-order valence-corrected chi connectivity index (χ0v) is 12.1. The van der Waals surface area contributed by atoms with Crippen LogP contribution in [0.4, 0.5) is 0 Å². The Morgan fingerprint density at radius 3 is 2.38 bits per heavy atom. The number of primary amides is 1. The molecule has 0 radical (unpaired) electrons. The minimum atomic E-state index is -0.282. The Morgan fingerprint density at radius 2 is 1.67 bits per heavy atom. The van der Waals surface area contributed by atoms with Crippen molar-refractivity contribution in [2.45, 2.75) is 25.9 Å². The number of hydrogen-bond donors (Lipinski definition) is 1. The third-order valence-corrected chi connectivity index (χ3v) is 4.02. The van der Waals surface area contributed by atoms with Crippen molar-refractivity contribution >= 4 is 5.91 Å². The lowest BCUT2D eigenvalue weighted by Gasteiger charge is -2.28. The molecule has 1 aliphatic rings. The standard InChI is InChI=1S/C18H20N2O/c19-18(21)11-14-5-7-15(8-6-14)12-20-10-9-16-3-1-2-4-17(16)13-20/h1-8H,9-13H2,(H2,19,21). The molecular weight excluding hydrogens is 260 g/mol. The van der Waals surface area contributed by atoms with Crippen LogP contribution in [0.2, 0.25) is 0 Å². The fraction of sp³-hybridized carbons (Fsp3) is 0.278. The van der Waals surface area contributed by atoms with E-state index in [-0.39, 0.29) is 5.91 Å². The maximum Gasteiger partial charge on any atom is 0.221 e.